The summed E-state index contributed by atoms with van der Waals surface area (Å²) in [5, 5.41) is 6.04. The Kier molecular flexibility index (Phi) is 4.71. The lowest BCUT2D eigenvalue weighted by Crippen LogP contribution is -2.15. The van der Waals surface area contributed by atoms with E-state index in [1.54, 1.807) is 0 Å². The number of pyridine rings is 1. The second-order valence-corrected chi connectivity index (χ2v) is 5.23. The Balaban J connectivity index is 1.91. The lowest BCUT2D eigenvalue weighted by Gasteiger charge is -2.08. The van der Waals surface area contributed by atoms with Crippen LogP contribution in [0.5, 0.6) is 0 Å². The van der Waals surface area contributed by atoms with Crippen LogP contribution in [0.1, 0.15) is 32.3 Å². The molecule has 96 valence electrons. The van der Waals surface area contributed by atoms with Crippen molar-refractivity contribution >= 4 is 10.8 Å². The summed E-state index contributed by atoms with van der Waals surface area (Å²) in [7, 11) is 0. The van der Waals surface area contributed by atoms with Crippen LogP contribution in [0.4, 0.5) is 0 Å². The van der Waals surface area contributed by atoms with Crippen LogP contribution in [0.25, 0.3) is 10.8 Å². The molecular weight excluding hydrogens is 220 g/mol. The van der Waals surface area contributed by atoms with E-state index in [2.05, 4.69) is 48.4 Å². The standard InChI is InChI=1S/C16H22N2/c1-13(2)6-5-9-17-11-15-12-18-10-14-7-3-4-8-16(14)15/h3-4,7-8,10,12-13,17H,5-6,9,11H2,1-2H3. The van der Waals surface area contributed by atoms with Gasteiger partial charge in [0.15, 0.2) is 0 Å². The molecule has 0 aliphatic heterocycles. The Morgan fingerprint density at radius 1 is 1.17 bits per heavy atom. The number of hydrogen-bond acceptors (Lipinski definition) is 2. The Morgan fingerprint density at radius 2 is 2.00 bits per heavy atom. The molecule has 0 saturated carbocycles. The maximum absolute atomic E-state index is 4.30. The van der Waals surface area contributed by atoms with Gasteiger partial charge in [-0.05, 0) is 36.3 Å². The number of nitrogens with one attached hydrogen (secondary N) is 1. The quantitative estimate of drug-likeness (QED) is 0.780. The number of aromatic nitrogens is 1. The molecule has 0 spiro atoms. The summed E-state index contributed by atoms with van der Waals surface area (Å²) >= 11 is 0. The molecule has 0 unspecified atom stereocenters. The van der Waals surface area contributed by atoms with E-state index < -0.39 is 0 Å². The van der Waals surface area contributed by atoms with Crippen molar-refractivity contribution in [3.63, 3.8) is 0 Å². The SMILES string of the molecule is CC(C)CCCNCc1cncc2ccccc12. The molecule has 0 fully saturated rings. The highest BCUT2D eigenvalue weighted by molar-refractivity contribution is 5.84. The topological polar surface area (TPSA) is 24.9 Å². The summed E-state index contributed by atoms with van der Waals surface area (Å²) in [6.07, 6.45) is 6.44. The zero-order valence-corrected chi connectivity index (χ0v) is 11.3. The molecule has 0 saturated heterocycles. The van der Waals surface area contributed by atoms with E-state index in [0.717, 1.165) is 19.0 Å². The summed E-state index contributed by atoms with van der Waals surface area (Å²) in [5.74, 6) is 0.797. The summed E-state index contributed by atoms with van der Waals surface area (Å²) in [5.41, 5.74) is 1.29. The molecule has 0 bridgehead atoms. The zero-order valence-electron chi connectivity index (χ0n) is 11.3. The van der Waals surface area contributed by atoms with Gasteiger partial charge in [-0.3, -0.25) is 4.98 Å². The molecule has 1 aromatic heterocycles. The maximum atomic E-state index is 4.30. The number of rotatable bonds is 6. The van der Waals surface area contributed by atoms with Gasteiger partial charge in [-0.2, -0.15) is 0 Å². The average Bonchev–Trinajstić information content (AvgIpc) is 2.38. The van der Waals surface area contributed by atoms with Crippen molar-refractivity contribution in [1.82, 2.24) is 10.3 Å². The van der Waals surface area contributed by atoms with Gasteiger partial charge in [0, 0.05) is 24.3 Å². The van der Waals surface area contributed by atoms with Gasteiger partial charge in [0.05, 0.1) is 0 Å². The van der Waals surface area contributed by atoms with Gasteiger partial charge in [-0.25, -0.2) is 0 Å². The van der Waals surface area contributed by atoms with Crippen LogP contribution in [0, 0.1) is 5.92 Å². The molecule has 18 heavy (non-hydrogen) atoms. The van der Waals surface area contributed by atoms with Crippen LogP contribution >= 0.6 is 0 Å². The first-order chi connectivity index (χ1) is 8.77. The van der Waals surface area contributed by atoms with Crippen molar-refractivity contribution in [3.8, 4) is 0 Å². The van der Waals surface area contributed by atoms with E-state index in [1.165, 1.54) is 29.2 Å². The monoisotopic (exact) mass is 242 g/mol. The highest BCUT2D eigenvalue weighted by atomic mass is 14.8. The fourth-order valence-corrected chi connectivity index (χ4v) is 2.18. The Labute approximate surface area is 109 Å². The highest BCUT2D eigenvalue weighted by Crippen LogP contribution is 2.16. The van der Waals surface area contributed by atoms with Crippen molar-refractivity contribution < 1.29 is 0 Å². The predicted octanol–water partition coefficient (Wildman–Crippen LogP) is 3.76. The molecule has 0 atom stereocenters. The van der Waals surface area contributed by atoms with E-state index in [-0.39, 0.29) is 0 Å². The first kappa shape index (κ1) is 13.0. The van der Waals surface area contributed by atoms with Crippen molar-refractivity contribution in [2.45, 2.75) is 33.2 Å². The van der Waals surface area contributed by atoms with Crippen LogP contribution in [0.15, 0.2) is 36.7 Å². The lowest BCUT2D eigenvalue weighted by atomic mass is 10.1. The fraction of sp³-hybridized carbons (Fsp3) is 0.438. The van der Waals surface area contributed by atoms with Crippen LogP contribution in [-0.4, -0.2) is 11.5 Å². The Bertz CT molecular complexity index is 486. The second kappa shape index (κ2) is 6.50. The summed E-state index contributed by atoms with van der Waals surface area (Å²) in [6.45, 7) is 6.54. The molecular formula is C16H22N2. The molecule has 1 N–H and O–H groups in total. The summed E-state index contributed by atoms with van der Waals surface area (Å²) in [4.78, 5) is 4.30. The normalized spacial score (nSPS) is 11.3. The van der Waals surface area contributed by atoms with E-state index >= 15 is 0 Å². The number of benzene rings is 1. The minimum absolute atomic E-state index is 0.797. The third kappa shape index (κ3) is 3.54. The van der Waals surface area contributed by atoms with Crippen LogP contribution < -0.4 is 5.32 Å². The summed E-state index contributed by atoms with van der Waals surface area (Å²) < 4.78 is 0. The van der Waals surface area contributed by atoms with Crippen LogP contribution in [-0.2, 0) is 6.54 Å². The van der Waals surface area contributed by atoms with Gasteiger partial charge in [0.1, 0.15) is 0 Å². The Hall–Kier alpha value is -1.41. The van der Waals surface area contributed by atoms with Gasteiger partial charge >= 0.3 is 0 Å². The highest BCUT2D eigenvalue weighted by Gasteiger charge is 2.00. The Morgan fingerprint density at radius 3 is 2.83 bits per heavy atom. The van der Waals surface area contributed by atoms with E-state index in [1.807, 2.05) is 12.4 Å². The molecule has 0 aliphatic rings. The van der Waals surface area contributed by atoms with Gasteiger partial charge in [0.2, 0.25) is 0 Å². The van der Waals surface area contributed by atoms with E-state index in [4.69, 9.17) is 0 Å². The second-order valence-electron chi connectivity index (χ2n) is 5.23. The fourth-order valence-electron chi connectivity index (χ4n) is 2.18. The van der Waals surface area contributed by atoms with Gasteiger partial charge in [-0.1, -0.05) is 38.1 Å². The number of nitrogens with zero attached hydrogens (tertiary/aromatic N) is 1. The predicted molar refractivity (Wildman–Crippen MR) is 77.5 cm³/mol. The third-order valence-corrected chi connectivity index (χ3v) is 3.20. The van der Waals surface area contributed by atoms with Crippen molar-refractivity contribution in [2.75, 3.05) is 6.54 Å². The van der Waals surface area contributed by atoms with Crippen molar-refractivity contribution in [3.05, 3.63) is 42.2 Å². The van der Waals surface area contributed by atoms with Crippen molar-refractivity contribution in [2.24, 2.45) is 5.92 Å². The van der Waals surface area contributed by atoms with Crippen LogP contribution in [0.3, 0.4) is 0 Å². The minimum Gasteiger partial charge on any atom is -0.313 e. The summed E-state index contributed by atoms with van der Waals surface area (Å²) in [6, 6.07) is 8.43. The van der Waals surface area contributed by atoms with E-state index in [9.17, 15) is 0 Å². The smallest absolute Gasteiger partial charge is 0.0346 e. The van der Waals surface area contributed by atoms with Crippen molar-refractivity contribution in [1.29, 1.82) is 0 Å². The molecule has 0 radical (unpaired) electrons. The molecule has 2 rings (SSSR count). The lowest BCUT2D eigenvalue weighted by molar-refractivity contribution is 0.528. The van der Waals surface area contributed by atoms with Crippen LogP contribution in [0.2, 0.25) is 0 Å². The molecule has 1 aromatic carbocycles. The number of hydrogen-bond donors (Lipinski definition) is 1. The minimum atomic E-state index is 0.797. The largest absolute Gasteiger partial charge is 0.313 e. The number of fused-ring (bicyclic) bond motifs is 1. The van der Waals surface area contributed by atoms with Gasteiger partial charge in [0.25, 0.3) is 0 Å². The molecule has 2 aromatic rings. The first-order valence-corrected chi connectivity index (χ1v) is 6.79. The molecule has 0 amide bonds. The van der Waals surface area contributed by atoms with E-state index in [0.29, 0.717) is 0 Å². The maximum Gasteiger partial charge on any atom is 0.0346 e. The molecule has 2 nitrogen and oxygen atoms in total. The molecule has 1 heterocycles. The average molecular weight is 242 g/mol. The molecule has 0 aliphatic carbocycles. The van der Waals surface area contributed by atoms with Gasteiger partial charge in [-0.15, -0.1) is 0 Å². The molecule has 2 heteroatoms. The van der Waals surface area contributed by atoms with Gasteiger partial charge < -0.3 is 5.32 Å². The first-order valence-electron chi connectivity index (χ1n) is 6.79. The third-order valence-electron chi connectivity index (χ3n) is 3.20. The zero-order chi connectivity index (χ0) is 12.8.